The Labute approximate surface area is 141 Å². The maximum atomic E-state index is 12.5. The molecular weight excluding hydrogens is 330 g/mol. The van der Waals surface area contributed by atoms with Gasteiger partial charge in [-0.15, -0.1) is 0 Å². The lowest BCUT2D eigenvalue weighted by Gasteiger charge is -2.17. The van der Waals surface area contributed by atoms with Crippen molar-refractivity contribution in [3.05, 3.63) is 47.7 Å². The number of rotatable bonds is 8. The summed E-state index contributed by atoms with van der Waals surface area (Å²) in [5, 5.41) is 6.27. The van der Waals surface area contributed by atoms with E-state index in [1.165, 1.54) is 0 Å². The number of nitrogens with one attached hydrogen (secondary N) is 2. The van der Waals surface area contributed by atoms with E-state index in [0.29, 0.717) is 12.2 Å². The van der Waals surface area contributed by atoms with Crippen LogP contribution in [-0.2, 0) is 21.2 Å². The van der Waals surface area contributed by atoms with Gasteiger partial charge in [0.2, 0.25) is 15.9 Å². The van der Waals surface area contributed by atoms with Crippen molar-refractivity contribution in [1.29, 1.82) is 0 Å². The SMILES string of the molecule is CCCS(=O)(=O)NC(Cc1ccccc1)C(=O)Nc1cc(C)on1. The van der Waals surface area contributed by atoms with Crippen LogP contribution in [0.15, 0.2) is 40.9 Å². The fraction of sp³-hybridized carbons (Fsp3) is 0.375. The van der Waals surface area contributed by atoms with Crippen molar-refractivity contribution < 1.29 is 17.7 Å². The number of hydrogen-bond acceptors (Lipinski definition) is 5. The number of sulfonamides is 1. The molecule has 0 aliphatic heterocycles. The number of amides is 1. The average Bonchev–Trinajstić information content (AvgIpc) is 2.92. The Bertz CT molecular complexity index is 772. The van der Waals surface area contributed by atoms with Gasteiger partial charge in [0.1, 0.15) is 11.8 Å². The van der Waals surface area contributed by atoms with Gasteiger partial charge in [-0.05, 0) is 25.3 Å². The van der Waals surface area contributed by atoms with Gasteiger partial charge < -0.3 is 9.84 Å². The Morgan fingerprint density at radius 1 is 1.29 bits per heavy atom. The summed E-state index contributed by atoms with van der Waals surface area (Å²) < 4.78 is 31.5. The molecule has 0 saturated carbocycles. The molecule has 1 aromatic heterocycles. The topological polar surface area (TPSA) is 101 Å². The zero-order valence-electron chi connectivity index (χ0n) is 13.7. The van der Waals surface area contributed by atoms with Crippen molar-refractivity contribution >= 4 is 21.7 Å². The fourth-order valence-electron chi connectivity index (χ4n) is 2.22. The van der Waals surface area contributed by atoms with E-state index in [4.69, 9.17) is 4.52 Å². The highest BCUT2D eigenvalue weighted by molar-refractivity contribution is 7.89. The predicted molar refractivity (Wildman–Crippen MR) is 91.0 cm³/mol. The second kappa shape index (κ2) is 8.07. The van der Waals surface area contributed by atoms with Gasteiger partial charge in [-0.3, -0.25) is 4.79 Å². The molecule has 0 fully saturated rings. The van der Waals surface area contributed by atoms with Crippen LogP contribution in [0.3, 0.4) is 0 Å². The number of nitrogens with zero attached hydrogens (tertiary/aromatic N) is 1. The number of anilines is 1. The van der Waals surface area contributed by atoms with E-state index in [1.807, 2.05) is 30.3 Å². The Hall–Kier alpha value is -2.19. The highest BCUT2D eigenvalue weighted by Gasteiger charge is 2.25. The first-order valence-electron chi connectivity index (χ1n) is 7.67. The van der Waals surface area contributed by atoms with Gasteiger partial charge in [0.15, 0.2) is 5.82 Å². The zero-order valence-corrected chi connectivity index (χ0v) is 14.5. The van der Waals surface area contributed by atoms with E-state index >= 15 is 0 Å². The van der Waals surface area contributed by atoms with Crippen molar-refractivity contribution in [2.45, 2.75) is 32.7 Å². The first-order chi connectivity index (χ1) is 11.4. The predicted octanol–water partition coefficient (Wildman–Crippen LogP) is 1.86. The third kappa shape index (κ3) is 5.47. The molecule has 0 spiro atoms. The normalized spacial score (nSPS) is 12.8. The van der Waals surface area contributed by atoms with Crippen LogP contribution in [-0.4, -0.2) is 31.3 Å². The number of carbonyl (C=O) groups is 1. The van der Waals surface area contributed by atoms with Crippen LogP contribution < -0.4 is 10.0 Å². The minimum atomic E-state index is -3.54. The largest absolute Gasteiger partial charge is 0.360 e. The molecule has 1 aromatic carbocycles. The summed E-state index contributed by atoms with van der Waals surface area (Å²) in [5.74, 6) is 0.294. The van der Waals surface area contributed by atoms with Crippen LogP contribution in [0.1, 0.15) is 24.7 Å². The lowest BCUT2D eigenvalue weighted by molar-refractivity contribution is -0.117. The summed E-state index contributed by atoms with van der Waals surface area (Å²) in [4.78, 5) is 12.5. The molecule has 0 saturated heterocycles. The number of aryl methyl sites for hydroxylation is 1. The van der Waals surface area contributed by atoms with Crippen molar-refractivity contribution in [1.82, 2.24) is 9.88 Å². The van der Waals surface area contributed by atoms with Crippen LogP contribution >= 0.6 is 0 Å². The monoisotopic (exact) mass is 351 g/mol. The highest BCUT2D eigenvalue weighted by Crippen LogP contribution is 2.10. The second-order valence-electron chi connectivity index (χ2n) is 5.49. The molecule has 8 heteroatoms. The molecule has 2 N–H and O–H groups in total. The summed E-state index contributed by atoms with van der Waals surface area (Å²) in [6, 6.07) is 9.86. The summed E-state index contributed by atoms with van der Waals surface area (Å²) in [6.45, 7) is 3.47. The van der Waals surface area contributed by atoms with Gasteiger partial charge in [-0.2, -0.15) is 0 Å². The number of benzene rings is 1. The van der Waals surface area contributed by atoms with Crippen molar-refractivity contribution in [2.75, 3.05) is 11.1 Å². The standard InChI is InChI=1S/C16H21N3O4S/c1-3-9-24(21,22)19-14(11-13-7-5-4-6-8-13)16(20)17-15-10-12(2)23-18-15/h4-8,10,14,19H,3,9,11H2,1-2H3,(H,17,18,20). The maximum Gasteiger partial charge on any atom is 0.244 e. The summed E-state index contributed by atoms with van der Waals surface area (Å²) in [5.41, 5.74) is 0.855. The van der Waals surface area contributed by atoms with Gasteiger partial charge in [-0.1, -0.05) is 42.4 Å². The van der Waals surface area contributed by atoms with Gasteiger partial charge in [-0.25, -0.2) is 13.1 Å². The molecule has 1 atom stereocenters. The number of carbonyl (C=O) groups excluding carboxylic acids is 1. The molecule has 1 amide bonds. The molecule has 0 aliphatic rings. The summed E-state index contributed by atoms with van der Waals surface area (Å²) in [7, 11) is -3.54. The first-order valence-corrected chi connectivity index (χ1v) is 9.33. The van der Waals surface area contributed by atoms with Crippen LogP contribution in [0.2, 0.25) is 0 Å². The molecule has 2 aromatic rings. The minimum absolute atomic E-state index is 0.0331. The van der Waals surface area contributed by atoms with E-state index in [0.717, 1.165) is 5.56 Å². The number of hydrogen-bond donors (Lipinski definition) is 2. The van der Waals surface area contributed by atoms with E-state index < -0.39 is 22.0 Å². The third-order valence-electron chi connectivity index (χ3n) is 3.27. The van der Waals surface area contributed by atoms with E-state index in [9.17, 15) is 13.2 Å². The lowest BCUT2D eigenvalue weighted by atomic mass is 10.1. The van der Waals surface area contributed by atoms with Crippen LogP contribution in [0.4, 0.5) is 5.82 Å². The van der Waals surface area contributed by atoms with E-state index in [-0.39, 0.29) is 18.0 Å². The highest BCUT2D eigenvalue weighted by atomic mass is 32.2. The van der Waals surface area contributed by atoms with Gasteiger partial charge in [0.25, 0.3) is 0 Å². The molecule has 24 heavy (non-hydrogen) atoms. The molecule has 7 nitrogen and oxygen atoms in total. The number of aromatic nitrogens is 1. The van der Waals surface area contributed by atoms with Gasteiger partial charge in [0, 0.05) is 6.07 Å². The van der Waals surface area contributed by atoms with Crippen LogP contribution in [0.5, 0.6) is 0 Å². The Balaban J connectivity index is 2.16. The molecule has 0 aliphatic carbocycles. The Morgan fingerprint density at radius 3 is 2.58 bits per heavy atom. The molecule has 0 radical (unpaired) electrons. The Morgan fingerprint density at radius 2 is 2.00 bits per heavy atom. The summed E-state index contributed by atoms with van der Waals surface area (Å²) in [6.07, 6.45) is 0.712. The molecule has 1 unspecified atom stereocenters. The first kappa shape index (κ1) is 18.2. The van der Waals surface area contributed by atoms with Gasteiger partial charge >= 0.3 is 0 Å². The van der Waals surface area contributed by atoms with Crippen molar-refractivity contribution in [2.24, 2.45) is 0 Å². The van der Waals surface area contributed by atoms with Crippen LogP contribution in [0, 0.1) is 6.92 Å². The minimum Gasteiger partial charge on any atom is -0.360 e. The summed E-state index contributed by atoms with van der Waals surface area (Å²) >= 11 is 0. The Kier molecular flexibility index (Phi) is 6.10. The quantitative estimate of drug-likeness (QED) is 0.756. The average molecular weight is 351 g/mol. The smallest absolute Gasteiger partial charge is 0.244 e. The van der Waals surface area contributed by atoms with Gasteiger partial charge in [0.05, 0.1) is 5.75 Å². The second-order valence-corrected chi connectivity index (χ2v) is 7.36. The van der Waals surface area contributed by atoms with Crippen molar-refractivity contribution in [3.63, 3.8) is 0 Å². The van der Waals surface area contributed by atoms with E-state index in [2.05, 4.69) is 15.2 Å². The fourth-order valence-corrected chi connectivity index (χ4v) is 3.50. The molecular formula is C16H21N3O4S. The van der Waals surface area contributed by atoms with Crippen molar-refractivity contribution in [3.8, 4) is 0 Å². The molecule has 130 valence electrons. The molecule has 1 heterocycles. The maximum absolute atomic E-state index is 12.5. The molecule has 0 bridgehead atoms. The van der Waals surface area contributed by atoms with Crippen LogP contribution in [0.25, 0.3) is 0 Å². The zero-order chi connectivity index (χ0) is 17.6. The molecule has 2 rings (SSSR count). The third-order valence-corrected chi connectivity index (χ3v) is 4.86. The van der Waals surface area contributed by atoms with E-state index in [1.54, 1.807) is 19.9 Å². The lowest BCUT2D eigenvalue weighted by Crippen LogP contribution is -2.46.